The summed E-state index contributed by atoms with van der Waals surface area (Å²) in [4.78, 5) is 108. The van der Waals surface area contributed by atoms with Gasteiger partial charge >= 0.3 is 18.2 Å². The highest BCUT2D eigenvalue weighted by Crippen LogP contribution is 2.18. The second-order valence-corrected chi connectivity index (χ2v) is 20.0. The van der Waals surface area contributed by atoms with E-state index in [1.54, 1.807) is 13.8 Å². The van der Waals surface area contributed by atoms with E-state index in [9.17, 15) is 53.3 Å². The molecule has 74 heavy (non-hydrogen) atoms. The molecule has 0 aromatic heterocycles. The fraction of sp³-hybridized carbons (Fsp3) is 0.694. The number of rotatable bonds is 37. The van der Waals surface area contributed by atoms with Crippen LogP contribution in [0.15, 0.2) is 24.3 Å². The van der Waals surface area contributed by atoms with Crippen LogP contribution >= 0.6 is 47.9 Å². The smallest absolute Gasteiger partial charge is 0.481 e. The molecule has 1 aromatic rings. The zero-order chi connectivity index (χ0) is 56.6. The van der Waals surface area contributed by atoms with Crippen LogP contribution in [0.25, 0.3) is 0 Å². The third-order valence-electron chi connectivity index (χ3n) is 9.03. The van der Waals surface area contributed by atoms with Crippen molar-refractivity contribution in [3.8, 4) is 5.75 Å². The second kappa shape index (κ2) is 58.2. The number of nitrogens with one attached hydrogen (secondary N) is 1. The van der Waals surface area contributed by atoms with Gasteiger partial charge in [0.1, 0.15) is 23.1 Å². The zero-order valence-electron chi connectivity index (χ0n) is 43.6. The number of non-ortho nitro benzene ring substituents is 1. The summed E-state index contributed by atoms with van der Waals surface area (Å²) in [6.07, 6.45) is 14.3. The third-order valence-corrected chi connectivity index (χ3v) is 12.0. The first-order chi connectivity index (χ1) is 35.3. The number of carboxylic acid groups (broad SMARTS) is 1. The van der Waals surface area contributed by atoms with Crippen molar-refractivity contribution < 1.29 is 77.6 Å². The maximum Gasteiger partial charge on any atom is 0.513 e. The number of thioether (sulfide) groups is 3. The number of ether oxygens (including phenoxy) is 3. The van der Waals surface area contributed by atoms with Gasteiger partial charge in [-0.3, -0.25) is 49.1 Å². The Morgan fingerprint density at radius 1 is 0.581 bits per heavy atom. The Bertz CT molecular complexity index is 1660. The molecule has 0 radical (unpaired) electrons. The number of ketones is 3. The standard InChI is InChI=1S/C18H23NO7S.C11H20O3S.C10H20N2O3S.C8H14O3S.C2H7NO/c1-14(20)27-13-4-2-3-6-16(21)7-5-12-25-18(22)26-17-10-8-15(9-11-17)19(23)24;1-10(13)15-9-4-2-3-6-11(14)7-5-8-12;11-12-10(14)15-7-4-6-9(13)5-2-1-3-8-16;1-7(9)12-6-4-2-3-5-8(10)11;3-1-2-4/h8-11H,2-7,12-13H2,1H3;12H,2-9H2,1H3;16H,1-8,11H2,(H,12,14);2-6H2,1H3,(H,10,11);4H,1-3H2. The van der Waals surface area contributed by atoms with E-state index in [1.807, 2.05) is 5.43 Å². The number of carbonyl (C=O) groups is 9. The Balaban J connectivity index is -0.000000452. The largest absolute Gasteiger partial charge is 0.513 e. The number of amides is 1. The van der Waals surface area contributed by atoms with Crippen LogP contribution in [0.1, 0.15) is 162 Å². The molecule has 8 N–H and O–H groups in total. The predicted molar refractivity (Wildman–Crippen MR) is 294 cm³/mol. The van der Waals surface area contributed by atoms with Gasteiger partial charge < -0.3 is 35.3 Å². The topological polar surface area (TPSA) is 349 Å². The number of aliphatic hydroxyl groups is 2. The summed E-state index contributed by atoms with van der Waals surface area (Å²) < 4.78 is 14.4. The van der Waals surface area contributed by atoms with Gasteiger partial charge in [0, 0.05) is 108 Å². The van der Waals surface area contributed by atoms with E-state index in [2.05, 4.69) is 17.4 Å². The highest BCUT2D eigenvalue weighted by molar-refractivity contribution is 8.14. The van der Waals surface area contributed by atoms with Crippen LogP contribution in [0, 0.1) is 10.1 Å². The lowest BCUT2D eigenvalue weighted by Gasteiger charge is -2.06. The van der Waals surface area contributed by atoms with Gasteiger partial charge in [-0.05, 0) is 88.5 Å². The molecule has 0 spiro atoms. The molecule has 1 aromatic carbocycles. The van der Waals surface area contributed by atoms with Crippen molar-refractivity contribution in [2.75, 3.05) is 56.0 Å². The number of unbranched alkanes of at least 4 members (excludes halogenated alkanes) is 8. The predicted octanol–water partition coefficient (Wildman–Crippen LogP) is 8.74. The molecule has 0 fully saturated rings. The molecule has 0 saturated heterocycles. The molecule has 21 nitrogen and oxygen atoms in total. The second-order valence-electron chi connectivity index (χ2n) is 15.8. The summed E-state index contributed by atoms with van der Waals surface area (Å²) in [5, 5.41) is 35.5. The number of nitro groups is 1. The fourth-order valence-electron chi connectivity index (χ4n) is 5.33. The molecular weight excluding hydrogens is 1040 g/mol. The van der Waals surface area contributed by atoms with Crippen molar-refractivity contribution in [1.82, 2.24) is 5.43 Å². The highest BCUT2D eigenvalue weighted by Gasteiger charge is 2.11. The van der Waals surface area contributed by atoms with Gasteiger partial charge in [0.25, 0.3) is 5.69 Å². The molecule has 0 heterocycles. The number of benzene rings is 1. The maximum absolute atomic E-state index is 11.7. The van der Waals surface area contributed by atoms with Crippen LogP contribution in [0.2, 0.25) is 0 Å². The van der Waals surface area contributed by atoms with Gasteiger partial charge in [0.15, 0.2) is 15.3 Å². The van der Waals surface area contributed by atoms with Gasteiger partial charge in [-0.2, -0.15) is 12.6 Å². The summed E-state index contributed by atoms with van der Waals surface area (Å²) in [6, 6.07) is 5.05. The molecule has 0 aliphatic carbocycles. The number of nitrogens with two attached hydrogens (primary N) is 2. The molecule has 0 unspecified atom stereocenters. The molecule has 426 valence electrons. The molecule has 0 atom stereocenters. The normalized spacial score (nSPS) is 9.95. The summed E-state index contributed by atoms with van der Waals surface area (Å²) in [5.74, 6) is 8.12. The number of aliphatic hydroxyl groups excluding tert-OH is 2. The number of thiol groups is 1. The summed E-state index contributed by atoms with van der Waals surface area (Å²) >= 11 is 8.04. The zero-order valence-corrected chi connectivity index (χ0v) is 46.9. The molecule has 0 aliphatic rings. The number of carboxylic acids is 1. The molecule has 0 bridgehead atoms. The molecule has 1 amide bonds. The first-order valence-electron chi connectivity index (χ1n) is 24.7. The van der Waals surface area contributed by atoms with E-state index in [-0.39, 0.29) is 77.0 Å². The Morgan fingerprint density at radius 3 is 1.31 bits per heavy atom. The minimum absolute atomic E-state index is 0.0623. The Labute approximate surface area is 455 Å². The van der Waals surface area contributed by atoms with Crippen molar-refractivity contribution in [2.24, 2.45) is 11.6 Å². The number of carbonyl (C=O) groups excluding carboxylic acids is 8. The van der Waals surface area contributed by atoms with Crippen molar-refractivity contribution in [2.45, 2.75) is 162 Å². The van der Waals surface area contributed by atoms with E-state index < -0.39 is 23.1 Å². The lowest BCUT2D eigenvalue weighted by molar-refractivity contribution is -0.384. The van der Waals surface area contributed by atoms with E-state index in [1.165, 1.54) is 66.5 Å². The van der Waals surface area contributed by atoms with Gasteiger partial charge in [0.05, 0.1) is 24.7 Å². The van der Waals surface area contributed by atoms with Crippen LogP contribution < -0.4 is 21.7 Å². The average Bonchev–Trinajstić information content (AvgIpc) is 3.36. The van der Waals surface area contributed by atoms with Crippen LogP contribution in [0.4, 0.5) is 15.3 Å². The molecule has 0 saturated carbocycles. The van der Waals surface area contributed by atoms with Crippen LogP contribution in [-0.4, -0.2) is 127 Å². The average molecular weight is 1130 g/mol. The van der Waals surface area contributed by atoms with Crippen molar-refractivity contribution in [3.63, 3.8) is 0 Å². The Kier molecular flexibility index (Phi) is 60.0. The molecule has 0 aliphatic heterocycles. The van der Waals surface area contributed by atoms with E-state index in [0.717, 1.165) is 93.6 Å². The number of nitrogens with zero attached hydrogens (tertiary/aromatic N) is 1. The first kappa shape index (κ1) is 76.4. The maximum atomic E-state index is 11.7. The first-order valence-corrected chi connectivity index (χ1v) is 28.3. The van der Waals surface area contributed by atoms with Crippen molar-refractivity contribution in [1.29, 1.82) is 0 Å². The molecular formula is C49H84N4O17S4. The molecule has 25 heteroatoms. The number of hydrogen-bond acceptors (Lipinski definition) is 22. The van der Waals surface area contributed by atoms with E-state index in [4.69, 9.17) is 36.4 Å². The lowest BCUT2D eigenvalue weighted by atomic mass is 10.1. The minimum Gasteiger partial charge on any atom is -0.481 e. The van der Waals surface area contributed by atoms with Crippen LogP contribution in [-0.2, 0) is 43.0 Å². The Hall–Kier alpha value is -4.11. The third kappa shape index (κ3) is 65.9. The SMILES string of the molecule is CC(=O)SCCCCCC(=O)CCCO.CC(=O)SCCCCCC(=O)CCCOC(=O)Oc1ccc([N+](=O)[O-])cc1.CC(=O)SCCCCCC(=O)O.NCCO.NNC(=O)OCCCC(=O)CCCCCS. The summed E-state index contributed by atoms with van der Waals surface area (Å²) in [5.41, 5.74) is 6.52. The van der Waals surface area contributed by atoms with Crippen LogP contribution in [0.3, 0.4) is 0 Å². The Morgan fingerprint density at radius 2 is 0.959 bits per heavy atom. The van der Waals surface area contributed by atoms with Crippen molar-refractivity contribution in [3.05, 3.63) is 34.4 Å². The summed E-state index contributed by atoms with van der Waals surface area (Å²) in [6.45, 7) is 5.52. The van der Waals surface area contributed by atoms with Gasteiger partial charge in [-0.1, -0.05) is 61.0 Å². The number of aliphatic carboxylic acids is 1. The number of hydrogen-bond donors (Lipinski definition) is 7. The van der Waals surface area contributed by atoms with Gasteiger partial charge in [-0.15, -0.1) is 0 Å². The van der Waals surface area contributed by atoms with Crippen molar-refractivity contribution >= 4 is 105 Å². The monoisotopic (exact) mass is 1130 g/mol. The van der Waals surface area contributed by atoms with E-state index >= 15 is 0 Å². The van der Waals surface area contributed by atoms with Gasteiger partial charge in [-0.25, -0.2) is 15.4 Å². The number of nitro benzene ring substituents is 1. The fourth-order valence-corrected chi connectivity index (χ4v) is 7.46. The number of hydrazine groups is 1. The minimum atomic E-state index is -0.917. The quantitative estimate of drug-likeness (QED) is 0.00478. The van der Waals surface area contributed by atoms with Crippen LogP contribution in [0.5, 0.6) is 5.75 Å². The number of Topliss-reactive ketones (excluding diaryl/α,β-unsaturated/α-hetero) is 3. The van der Waals surface area contributed by atoms with E-state index in [0.29, 0.717) is 70.8 Å². The summed E-state index contributed by atoms with van der Waals surface area (Å²) in [7, 11) is 0. The lowest BCUT2D eigenvalue weighted by Crippen LogP contribution is -2.30. The highest BCUT2D eigenvalue weighted by atomic mass is 32.2. The van der Waals surface area contributed by atoms with Gasteiger partial charge in [0.2, 0.25) is 0 Å². The molecule has 1 rings (SSSR count).